The van der Waals surface area contributed by atoms with Crippen molar-refractivity contribution in [2.45, 2.75) is 18.4 Å². The van der Waals surface area contributed by atoms with E-state index in [4.69, 9.17) is 19.4 Å². The Balaban J connectivity index is 0.922. The summed E-state index contributed by atoms with van der Waals surface area (Å²) in [5.74, 6) is 1.67. The molecule has 2 aliphatic rings. The molecule has 2 unspecified atom stereocenters. The van der Waals surface area contributed by atoms with Gasteiger partial charge in [-0.05, 0) is 69.3 Å². The molecular formula is C60H42N4O. The van der Waals surface area contributed by atoms with Crippen LogP contribution in [-0.2, 0) is 0 Å². The van der Waals surface area contributed by atoms with Gasteiger partial charge in [-0.15, -0.1) is 0 Å². The number of fused-ring (bicyclic) bond motifs is 4. The third-order valence-electron chi connectivity index (χ3n) is 12.7. The molecular weight excluding hydrogens is 793 g/mol. The van der Waals surface area contributed by atoms with Crippen LogP contribution in [0.4, 0.5) is 0 Å². The van der Waals surface area contributed by atoms with Crippen LogP contribution in [0.3, 0.4) is 0 Å². The lowest BCUT2D eigenvalue weighted by molar-refractivity contribution is 0.668. The smallest absolute Gasteiger partial charge is 0.160 e. The van der Waals surface area contributed by atoms with E-state index < -0.39 is 0 Å². The summed E-state index contributed by atoms with van der Waals surface area (Å²) in [6, 6.07) is 69.9. The number of aliphatic imine (C=N–C) groups is 1. The maximum Gasteiger partial charge on any atom is 0.160 e. The summed E-state index contributed by atoms with van der Waals surface area (Å²) in [6.45, 7) is 0. The SMILES string of the molecule is C1=CC(c2ccc3oc4ccccc4c3c2-c2ccc(C3=NC(c4ccccc4)C=C(c4ccccc4)N3)cc2)CC=C1c1nc(-c2ccccc2)cc(-c2cccc3ccccc23)n1. The number of nitrogens with zero attached hydrogens (tertiary/aromatic N) is 3. The van der Waals surface area contributed by atoms with Gasteiger partial charge in [0, 0.05) is 44.7 Å². The van der Waals surface area contributed by atoms with Crippen molar-refractivity contribution in [1.29, 1.82) is 0 Å². The van der Waals surface area contributed by atoms with Gasteiger partial charge < -0.3 is 9.73 Å². The first kappa shape index (κ1) is 38.3. The number of nitrogens with one attached hydrogen (secondary N) is 1. The van der Waals surface area contributed by atoms with E-state index >= 15 is 0 Å². The third-order valence-corrected chi connectivity index (χ3v) is 12.7. The Morgan fingerprint density at radius 3 is 2.00 bits per heavy atom. The maximum atomic E-state index is 6.50. The van der Waals surface area contributed by atoms with Crippen molar-refractivity contribution in [2.24, 2.45) is 4.99 Å². The summed E-state index contributed by atoms with van der Waals surface area (Å²) >= 11 is 0. The highest BCUT2D eigenvalue weighted by atomic mass is 16.3. The number of benzene rings is 8. The zero-order valence-electron chi connectivity index (χ0n) is 35.5. The Morgan fingerprint density at radius 1 is 0.538 bits per heavy atom. The monoisotopic (exact) mass is 834 g/mol. The van der Waals surface area contributed by atoms with Crippen LogP contribution in [0.5, 0.6) is 0 Å². The first-order valence-electron chi connectivity index (χ1n) is 22.2. The van der Waals surface area contributed by atoms with E-state index in [1.54, 1.807) is 0 Å². The van der Waals surface area contributed by atoms with Crippen LogP contribution in [0.1, 0.15) is 46.5 Å². The molecule has 3 heterocycles. The second-order valence-electron chi connectivity index (χ2n) is 16.7. The van der Waals surface area contributed by atoms with Gasteiger partial charge in [-0.1, -0.05) is 200 Å². The van der Waals surface area contributed by atoms with Crippen LogP contribution < -0.4 is 5.32 Å². The number of hydrogen-bond donors (Lipinski definition) is 1. The number of furan rings is 1. The number of allylic oxidation sites excluding steroid dienone is 4. The molecule has 2 atom stereocenters. The first-order valence-corrected chi connectivity index (χ1v) is 22.2. The Labute approximate surface area is 377 Å². The number of hydrogen-bond acceptors (Lipinski definition) is 5. The van der Waals surface area contributed by atoms with Crippen LogP contribution in [0, 0.1) is 0 Å². The second-order valence-corrected chi connectivity index (χ2v) is 16.7. The molecule has 0 fully saturated rings. The van der Waals surface area contributed by atoms with Crippen LogP contribution in [0.25, 0.3) is 77.6 Å². The predicted octanol–water partition coefficient (Wildman–Crippen LogP) is 14.8. The lowest BCUT2D eigenvalue weighted by Crippen LogP contribution is -2.27. The largest absolute Gasteiger partial charge is 0.456 e. The van der Waals surface area contributed by atoms with Gasteiger partial charge >= 0.3 is 0 Å². The number of rotatable bonds is 8. The Morgan fingerprint density at radius 2 is 1.22 bits per heavy atom. The summed E-state index contributed by atoms with van der Waals surface area (Å²) < 4.78 is 6.50. The quantitative estimate of drug-likeness (QED) is 0.166. The van der Waals surface area contributed by atoms with E-state index in [1.165, 1.54) is 21.9 Å². The van der Waals surface area contributed by atoms with E-state index in [2.05, 4.69) is 206 Å². The average Bonchev–Trinajstić information content (AvgIpc) is 3.78. The topological polar surface area (TPSA) is 63.3 Å². The van der Waals surface area contributed by atoms with Gasteiger partial charge in [0.15, 0.2) is 5.82 Å². The fourth-order valence-corrected chi connectivity index (χ4v) is 9.47. The number of para-hydroxylation sites is 1. The molecule has 308 valence electrons. The minimum atomic E-state index is -0.118. The van der Waals surface area contributed by atoms with Crippen molar-refractivity contribution < 1.29 is 4.42 Å². The van der Waals surface area contributed by atoms with Gasteiger partial charge in [-0.25, -0.2) is 9.97 Å². The highest BCUT2D eigenvalue weighted by Gasteiger charge is 2.24. The van der Waals surface area contributed by atoms with E-state index in [1.807, 2.05) is 24.3 Å². The molecule has 12 rings (SSSR count). The molecule has 0 bridgehead atoms. The molecule has 2 aromatic heterocycles. The second kappa shape index (κ2) is 16.4. The molecule has 0 saturated heterocycles. The molecule has 0 amide bonds. The first-order chi connectivity index (χ1) is 32.2. The fourth-order valence-electron chi connectivity index (χ4n) is 9.47. The molecule has 1 aliphatic carbocycles. The molecule has 0 spiro atoms. The molecule has 1 aliphatic heterocycles. The fraction of sp³-hybridized carbons (Fsp3) is 0.0500. The van der Waals surface area contributed by atoms with Crippen molar-refractivity contribution in [1.82, 2.24) is 15.3 Å². The molecule has 0 saturated carbocycles. The Kier molecular flexibility index (Phi) is 9.64. The van der Waals surface area contributed by atoms with Gasteiger partial charge in [0.25, 0.3) is 0 Å². The van der Waals surface area contributed by atoms with E-state index in [0.29, 0.717) is 0 Å². The van der Waals surface area contributed by atoms with Crippen LogP contribution in [0.2, 0.25) is 0 Å². The molecule has 65 heavy (non-hydrogen) atoms. The average molecular weight is 835 g/mol. The van der Waals surface area contributed by atoms with Crippen LogP contribution >= 0.6 is 0 Å². The Hall–Kier alpha value is -8.41. The molecule has 5 nitrogen and oxygen atoms in total. The van der Waals surface area contributed by atoms with Gasteiger partial charge in [0.05, 0.1) is 17.4 Å². The van der Waals surface area contributed by atoms with Gasteiger partial charge in [0.1, 0.15) is 17.0 Å². The highest BCUT2D eigenvalue weighted by Crippen LogP contribution is 2.44. The van der Waals surface area contributed by atoms with Crippen LogP contribution in [-0.4, -0.2) is 15.8 Å². The van der Waals surface area contributed by atoms with Gasteiger partial charge in [-0.3, -0.25) is 4.99 Å². The molecule has 8 aromatic carbocycles. The maximum absolute atomic E-state index is 6.50. The highest BCUT2D eigenvalue weighted by molar-refractivity contribution is 6.14. The standard InChI is InChI=1S/C60H42N4O/c1-4-16-41(17-5-1)51-37-52(42-18-6-2-7-19-42)62-59(61-51)46-33-29-44(30-34-46)57-48(35-36-56-58(57)50-24-12-13-26-55(50)65-56)40-27-31-45(32-28-40)60-63-53(43-20-8-3-9-21-43)38-54(64-60)49-25-14-22-39-15-10-11-23-47(39)49/h1-27,29-38,40,51H,28H2,(H,61,62). The van der Waals surface area contributed by atoms with Crippen molar-refractivity contribution in [2.75, 3.05) is 0 Å². The van der Waals surface area contributed by atoms with Crippen LogP contribution in [0.15, 0.2) is 234 Å². The van der Waals surface area contributed by atoms with Crippen molar-refractivity contribution >= 4 is 49.8 Å². The third kappa shape index (κ3) is 7.23. The minimum Gasteiger partial charge on any atom is -0.456 e. The lowest BCUT2D eigenvalue weighted by Gasteiger charge is -2.24. The van der Waals surface area contributed by atoms with Crippen molar-refractivity contribution in [3.63, 3.8) is 0 Å². The Bertz CT molecular complexity index is 3530. The van der Waals surface area contributed by atoms with E-state index in [-0.39, 0.29) is 12.0 Å². The summed E-state index contributed by atoms with van der Waals surface area (Å²) in [6.07, 6.45) is 9.85. The van der Waals surface area contributed by atoms with Crippen molar-refractivity contribution in [3.8, 4) is 33.6 Å². The summed E-state index contributed by atoms with van der Waals surface area (Å²) in [4.78, 5) is 15.7. The normalized spacial score (nSPS) is 16.0. The molecule has 0 radical (unpaired) electrons. The number of amidine groups is 1. The minimum absolute atomic E-state index is 0.107. The summed E-state index contributed by atoms with van der Waals surface area (Å²) in [5.41, 5.74) is 14.6. The van der Waals surface area contributed by atoms with Crippen molar-refractivity contribution in [3.05, 3.63) is 253 Å². The van der Waals surface area contributed by atoms with E-state index in [9.17, 15) is 0 Å². The molecule has 5 heteroatoms. The zero-order chi connectivity index (χ0) is 43.1. The molecule has 1 N–H and O–H groups in total. The van der Waals surface area contributed by atoms with E-state index in [0.717, 1.165) is 96.1 Å². The lowest BCUT2D eigenvalue weighted by atomic mass is 9.83. The van der Waals surface area contributed by atoms with Gasteiger partial charge in [-0.2, -0.15) is 0 Å². The zero-order valence-corrected chi connectivity index (χ0v) is 35.5. The van der Waals surface area contributed by atoms with Gasteiger partial charge in [0.2, 0.25) is 0 Å². The predicted molar refractivity (Wildman–Crippen MR) is 267 cm³/mol. The summed E-state index contributed by atoms with van der Waals surface area (Å²) in [7, 11) is 0. The summed E-state index contributed by atoms with van der Waals surface area (Å²) in [5, 5.41) is 8.26. The molecule has 10 aromatic rings. The number of aromatic nitrogens is 2.